The van der Waals surface area contributed by atoms with Crippen LogP contribution in [-0.4, -0.2) is 13.1 Å². The van der Waals surface area contributed by atoms with Crippen LogP contribution in [0.5, 0.6) is 0 Å². The van der Waals surface area contributed by atoms with Crippen LogP contribution in [0.25, 0.3) is 0 Å². The summed E-state index contributed by atoms with van der Waals surface area (Å²) in [5.74, 6) is 0. The SMILES string of the molecule is Brc1ccc2c(c1)CN1CCCN2Cc2cc(Br)ccc21. The fraction of sp³-hybridized carbons (Fsp3) is 0.294. The smallest absolute Gasteiger partial charge is 0.0450 e. The molecule has 0 saturated carbocycles. The molecule has 0 atom stereocenters. The zero-order chi connectivity index (χ0) is 14.4. The van der Waals surface area contributed by atoms with Crippen molar-refractivity contribution in [1.29, 1.82) is 0 Å². The first-order valence-electron chi connectivity index (χ1n) is 7.27. The van der Waals surface area contributed by atoms with Gasteiger partial charge in [-0.15, -0.1) is 0 Å². The number of halogens is 2. The van der Waals surface area contributed by atoms with Gasteiger partial charge >= 0.3 is 0 Å². The predicted octanol–water partition coefficient (Wildman–Crippen LogP) is 4.94. The zero-order valence-electron chi connectivity index (χ0n) is 11.6. The summed E-state index contributed by atoms with van der Waals surface area (Å²) in [5, 5.41) is 0. The lowest BCUT2D eigenvalue weighted by molar-refractivity contribution is 0.643. The molecule has 0 radical (unpaired) electrons. The van der Waals surface area contributed by atoms with Crippen LogP contribution in [0.2, 0.25) is 0 Å². The molecule has 2 aromatic carbocycles. The third-order valence-corrected chi connectivity index (χ3v) is 5.33. The fourth-order valence-corrected chi connectivity index (χ4v) is 4.23. The Balaban J connectivity index is 1.88. The summed E-state index contributed by atoms with van der Waals surface area (Å²) in [6.07, 6.45) is 1.21. The first-order chi connectivity index (χ1) is 10.2. The molecular formula is C17H16Br2N2. The minimum atomic E-state index is 0.986. The molecule has 2 nitrogen and oxygen atoms in total. The summed E-state index contributed by atoms with van der Waals surface area (Å²) in [6, 6.07) is 13.4. The number of hydrogen-bond acceptors (Lipinski definition) is 2. The van der Waals surface area contributed by atoms with Crippen molar-refractivity contribution in [2.75, 3.05) is 22.9 Å². The Labute approximate surface area is 142 Å². The molecule has 5 rings (SSSR count). The molecule has 3 aliphatic heterocycles. The Morgan fingerprint density at radius 2 is 1.19 bits per heavy atom. The lowest BCUT2D eigenvalue weighted by Gasteiger charge is -2.39. The molecule has 0 aromatic heterocycles. The van der Waals surface area contributed by atoms with Crippen molar-refractivity contribution in [3.8, 4) is 0 Å². The van der Waals surface area contributed by atoms with Crippen molar-refractivity contribution >= 4 is 43.2 Å². The van der Waals surface area contributed by atoms with Gasteiger partial charge in [0.15, 0.2) is 0 Å². The van der Waals surface area contributed by atoms with Crippen LogP contribution in [0.15, 0.2) is 45.3 Å². The maximum Gasteiger partial charge on any atom is 0.0450 e. The van der Waals surface area contributed by atoms with E-state index in [4.69, 9.17) is 0 Å². The van der Waals surface area contributed by atoms with Crippen molar-refractivity contribution < 1.29 is 0 Å². The molecule has 0 amide bonds. The van der Waals surface area contributed by atoms with Crippen molar-refractivity contribution in [2.45, 2.75) is 19.5 Å². The van der Waals surface area contributed by atoms with Crippen molar-refractivity contribution in [3.63, 3.8) is 0 Å². The number of fused-ring (bicyclic) bond motifs is 2. The monoisotopic (exact) mass is 406 g/mol. The molecule has 2 bridgehead atoms. The molecule has 0 N–H and O–H groups in total. The Hall–Kier alpha value is -1.000. The fourth-order valence-electron chi connectivity index (χ4n) is 3.41. The van der Waals surface area contributed by atoms with Gasteiger partial charge in [0.05, 0.1) is 0 Å². The van der Waals surface area contributed by atoms with Crippen LogP contribution in [0.3, 0.4) is 0 Å². The van der Waals surface area contributed by atoms with Gasteiger partial charge in [0.2, 0.25) is 0 Å². The standard InChI is InChI=1S/C17H16Br2N2/c18-14-2-4-16-12(8-14)10-21-7-1-6-20(16)11-13-9-15(19)3-5-17(13)21/h2-5,8-9H,1,6-7,10-11H2. The van der Waals surface area contributed by atoms with E-state index in [-0.39, 0.29) is 0 Å². The van der Waals surface area contributed by atoms with Crippen LogP contribution in [0, 0.1) is 0 Å². The minimum absolute atomic E-state index is 0.986. The van der Waals surface area contributed by atoms with Crippen molar-refractivity contribution in [1.82, 2.24) is 0 Å². The van der Waals surface area contributed by atoms with E-state index in [1.165, 1.54) is 37.9 Å². The highest BCUT2D eigenvalue weighted by molar-refractivity contribution is 9.10. The molecular weight excluding hydrogens is 392 g/mol. The van der Waals surface area contributed by atoms with Crippen LogP contribution >= 0.6 is 31.9 Å². The summed E-state index contributed by atoms with van der Waals surface area (Å²) in [5.41, 5.74) is 5.59. The van der Waals surface area contributed by atoms with Gasteiger partial charge in [-0.1, -0.05) is 31.9 Å². The average Bonchev–Trinajstić information content (AvgIpc) is 2.41. The van der Waals surface area contributed by atoms with E-state index in [1.807, 2.05) is 0 Å². The highest BCUT2D eigenvalue weighted by Gasteiger charge is 2.24. The molecule has 0 unspecified atom stereocenters. The topological polar surface area (TPSA) is 6.48 Å². The van der Waals surface area contributed by atoms with E-state index in [0.29, 0.717) is 0 Å². The number of anilines is 2. The Bertz CT molecular complexity index is 640. The average molecular weight is 408 g/mol. The van der Waals surface area contributed by atoms with Gasteiger partial charge in [-0.2, -0.15) is 0 Å². The summed E-state index contributed by atoms with van der Waals surface area (Å²) in [6.45, 7) is 4.22. The predicted molar refractivity (Wildman–Crippen MR) is 95.0 cm³/mol. The number of hydrogen-bond donors (Lipinski definition) is 0. The number of nitrogens with zero attached hydrogens (tertiary/aromatic N) is 2. The Morgan fingerprint density at radius 3 is 1.67 bits per heavy atom. The van der Waals surface area contributed by atoms with Crippen molar-refractivity contribution in [3.05, 3.63) is 56.5 Å². The molecule has 3 heterocycles. The van der Waals surface area contributed by atoms with Gasteiger partial charge in [0, 0.05) is 46.5 Å². The second-order valence-electron chi connectivity index (χ2n) is 5.74. The molecule has 2 aromatic rings. The third-order valence-electron chi connectivity index (χ3n) is 4.34. The highest BCUT2D eigenvalue weighted by Crippen LogP contribution is 2.36. The van der Waals surface area contributed by atoms with Gasteiger partial charge < -0.3 is 9.80 Å². The molecule has 0 spiro atoms. The first-order valence-corrected chi connectivity index (χ1v) is 8.86. The van der Waals surface area contributed by atoms with Gasteiger partial charge in [-0.05, 0) is 53.9 Å². The van der Waals surface area contributed by atoms with Crippen LogP contribution in [0.4, 0.5) is 11.4 Å². The first kappa shape index (κ1) is 13.6. The zero-order valence-corrected chi connectivity index (χ0v) is 14.8. The third kappa shape index (κ3) is 2.49. The van der Waals surface area contributed by atoms with Crippen LogP contribution in [-0.2, 0) is 13.1 Å². The molecule has 0 saturated heterocycles. The second-order valence-corrected chi connectivity index (χ2v) is 7.57. The summed E-state index contributed by atoms with van der Waals surface area (Å²) in [7, 11) is 0. The van der Waals surface area contributed by atoms with E-state index in [2.05, 4.69) is 78.1 Å². The maximum absolute atomic E-state index is 3.61. The molecule has 4 heteroatoms. The lowest BCUT2D eigenvalue weighted by Crippen LogP contribution is -2.37. The van der Waals surface area contributed by atoms with Gasteiger partial charge in [-0.25, -0.2) is 0 Å². The second kappa shape index (κ2) is 5.33. The summed E-state index contributed by atoms with van der Waals surface area (Å²) < 4.78 is 2.33. The molecule has 0 aliphatic carbocycles. The van der Waals surface area contributed by atoms with Gasteiger partial charge in [0.25, 0.3) is 0 Å². The number of benzene rings is 2. The normalized spacial score (nSPS) is 16.9. The van der Waals surface area contributed by atoms with E-state index >= 15 is 0 Å². The highest BCUT2D eigenvalue weighted by atomic mass is 79.9. The quantitative estimate of drug-likeness (QED) is 0.610. The Kier molecular flexibility index (Phi) is 3.46. The minimum Gasteiger partial charge on any atom is -0.367 e. The molecule has 3 aliphatic rings. The molecule has 21 heavy (non-hydrogen) atoms. The van der Waals surface area contributed by atoms with Crippen LogP contribution in [0.1, 0.15) is 17.5 Å². The van der Waals surface area contributed by atoms with Gasteiger partial charge in [0.1, 0.15) is 0 Å². The molecule has 0 fully saturated rings. The van der Waals surface area contributed by atoms with Crippen molar-refractivity contribution in [2.24, 2.45) is 0 Å². The van der Waals surface area contributed by atoms with E-state index in [9.17, 15) is 0 Å². The maximum atomic E-state index is 3.61. The van der Waals surface area contributed by atoms with E-state index < -0.39 is 0 Å². The van der Waals surface area contributed by atoms with E-state index in [0.717, 1.165) is 26.2 Å². The molecule has 108 valence electrons. The van der Waals surface area contributed by atoms with E-state index in [1.54, 1.807) is 0 Å². The Morgan fingerprint density at radius 1 is 0.714 bits per heavy atom. The van der Waals surface area contributed by atoms with Crippen LogP contribution < -0.4 is 9.80 Å². The number of rotatable bonds is 0. The largest absolute Gasteiger partial charge is 0.367 e. The van der Waals surface area contributed by atoms with Gasteiger partial charge in [-0.3, -0.25) is 0 Å². The summed E-state index contributed by atoms with van der Waals surface area (Å²) in [4.78, 5) is 5.06. The summed E-state index contributed by atoms with van der Waals surface area (Å²) >= 11 is 7.23. The lowest BCUT2D eigenvalue weighted by atomic mass is 10.0.